The van der Waals surface area contributed by atoms with Crippen molar-refractivity contribution >= 4 is 5.97 Å². The lowest BCUT2D eigenvalue weighted by Gasteiger charge is -2.19. The van der Waals surface area contributed by atoms with E-state index in [0.29, 0.717) is 5.41 Å². The fraction of sp³-hybridized carbons (Fsp3) is 0.720. The molecule has 0 aliphatic carbocycles. The highest BCUT2D eigenvalue weighted by molar-refractivity contribution is 5.73. The summed E-state index contributed by atoms with van der Waals surface area (Å²) in [5, 5.41) is 9.23. The van der Waals surface area contributed by atoms with Crippen molar-refractivity contribution in [2.75, 3.05) is 0 Å². The third-order valence-corrected chi connectivity index (χ3v) is 5.64. The zero-order chi connectivity index (χ0) is 20.7. The first-order valence-electron chi connectivity index (χ1n) is 10.7. The third kappa shape index (κ3) is 8.95. The van der Waals surface area contributed by atoms with Gasteiger partial charge < -0.3 is 5.11 Å². The number of aliphatic carboxylic acids is 1. The standard InChI is InChI=1S/C25H42O2/c1-19-17-20(2)22(14-10-12-15-24(3,4)5)21(18-19)13-9-8-11-16-25(6,7)23(26)27/h17-18H,8-16H2,1-7H3,(H,26,27). The van der Waals surface area contributed by atoms with Crippen LogP contribution in [0, 0.1) is 24.7 Å². The molecule has 0 aromatic heterocycles. The normalized spacial score (nSPS) is 12.4. The zero-order valence-corrected chi connectivity index (χ0v) is 18.9. The van der Waals surface area contributed by atoms with E-state index in [2.05, 4.69) is 46.8 Å². The highest BCUT2D eigenvalue weighted by atomic mass is 16.4. The topological polar surface area (TPSA) is 37.3 Å². The Morgan fingerprint density at radius 1 is 0.852 bits per heavy atom. The Labute approximate surface area is 167 Å². The van der Waals surface area contributed by atoms with E-state index < -0.39 is 11.4 Å². The first-order chi connectivity index (χ1) is 12.4. The quantitative estimate of drug-likeness (QED) is 0.413. The molecule has 27 heavy (non-hydrogen) atoms. The number of benzene rings is 1. The number of carbonyl (C=O) groups is 1. The van der Waals surface area contributed by atoms with E-state index in [1.807, 2.05) is 13.8 Å². The van der Waals surface area contributed by atoms with Crippen LogP contribution in [0.5, 0.6) is 0 Å². The van der Waals surface area contributed by atoms with Crippen LogP contribution in [0.3, 0.4) is 0 Å². The summed E-state index contributed by atoms with van der Waals surface area (Å²) in [4.78, 5) is 11.2. The lowest BCUT2D eigenvalue weighted by Crippen LogP contribution is -2.23. The molecule has 1 aromatic carbocycles. The van der Waals surface area contributed by atoms with Crippen molar-refractivity contribution in [2.24, 2.45) is 10.8 Å². The zero-order valence-electron chi connectivity index (χ0n) is 18.9. The van der Waals surface area contributed by atoms with Gasteiger partial charge in [-0.1, -0.05) is 57.7 Å². The summed E-state index contributed by atoms with van der Waals surface area (Å²) in [6.45, 7) is 15.1. The minimum atomic E-state index is -0.686. The predicted molar refractivity (Wildman–Crippen MR) is 117 cm³/mol. The van der Waals surface area contributed by atoms with Gasteiger partial charge in [0.05, 0.1) is 5.41 Å². The lowest BCUT2D eigenvalue weighted by molar-refractivity contribution is -0.147. The molecule has 0 aliphatic rings. The van der Waals surface area contributed by atoms with Crippen LogP contribution in [-0.2, 0) is 17.6 Å². The number of unbranched alkanes of at least 4 members (excludes halogenated alkanes) is 3. The molecule has 0 saturated carbocycles. The molecule has 0 atom stereocenters. The molecule has 0 radical (unpaired) electrons. The SMILES string of the molecule is Cc1cc(C)c(CCCCC(C)(C)C)c(CCCCCC(C)(C)C(=O)O)c1. The maximum Gasteiger partial charge on any atom is 0.309 e. The van der Waals surface area contributed by atoms with E-state index >= 15 is 0 Å². The van der Waals surface area contributed by atoms with Crippen LogP contribution in [0.2, 0.25) is 0 Å². The smallest absolute Gasteiger partial charge is 0.309 e. The average Bonchev–Trinajstić information content (AvgIpc) is 2.51. The Balaban J connectivity index is 2.57. The second kappa shape index (κ2) is 10.3. The van der Waals surface area contributed by atoms with Crippen molar-refractivity contribution in [3.8, 4) is 0 Å². The van der Waals surface area contributed by atoms with Gasteiger partial charge >= 0.3 is 5.97 Å². The summed E-state index contributed by atoms with van der Waals surface area (Å²) in [6, 6.07) is 4.69. The van der Waals surface area contributed by atoms with E-state index in [0.717, 1.165) is 32.1 Å². The minimum Gasteiger partial charge on any atom is -0.481 e. The molecule has 2 heteroatoms. The fourth-order valence-corrected chi connectivity index (χ4v) is 3.79. The molecule has 0 bridgehead atoms. The molecular formula is C25H42O2. The van der Waals surface area contributed by atoms with Gasteiger partial charge in [0.1, 0.15) is 0 Å². The van der Waals surface area contributed by atoms with E-state index in [9.17, 15) is 9.90 Å². The van der Waals surface area contributed by atoms with Gasteiger partial charge in [0.25, 0.3) is 0 Å². The molecular weight excluding hydrogens is 332 g/mol. The molecule has 0 aliphatic heterocycles. The summed E-state index contributed by atoms with van der Waals surface area (Å²) in [5.41, 5.74) is 5.69. The van der Waals surface area contributed by atoms with Gasteiger partial charge in [0, 0.05) is 0 Å². The molecule has 0 amide bonds. The maximum absolute atomic E-state index is 11.2. The Morgan fingerprint density at radius 2 is 1.44 bits per heavy atom. The highest BCUT2D eigenvalue weighted by Gasteiger charge is 2.25. The molecule has 1 rings (SSSR count). The summed E-state index contributed by atoms with van der Waals surface area (Å²) in [5.74, 6) is -0.686. The van der Waals surface area contributed by atoms with Crippen LogP contribution >= 0.6 is 0 Å². The Hall–Kier alpha value is -1.31. The van der Waals surface area contributed by atoms with Gasteiger partial charge in [-0.2, -0.15) is 0 Å². The monoisotopic (exact) mass is 374 g/mol. The first-order valence-corrected chi connectivity index (χ1v) is 10.7. The highest BCUT2D eigenvalue weighted by Crippen LogP contribution is 2.27. The Kier molecular flexibility index (Phi) is 9.05. The van der Waals surface area contributed by atoms with E-state index in [1.54, 1.807) is 5.56 Å². The molecule has 2 nitrogen and oxygen atoms in total. The van der Waals surface area contributed by atoms with E-state index in [4.69, 9.17) is 0 Å². The van der Waals surface area contributed by atoms with Crippen LogP contribution in [0.4, 0.5) is 0 Å². The van der Waals surface area contributed by atoms with Crippen molar-refractivity contribution in [1.82, 2.24) is 0 Å². The van der Waals surface area contributed by atoms with Crippen molar-refractivity contribution in [1.29, 1.82) is 0 Å². The molecule has 0 saturated heterocycles. The second-order valence-corrected chi connectivity index (χ2v) is 10.2. The summed E-state index contributed by atoms with van der Waals surface area (Å²) in [6.07, 6.45) is 10.1. The molecule has 0 fully saturated rings. The van der Waals surface area contributed by atoms with Gasteiger partial charge in [0.15, 0.2) is 0 Å². The first kappa shape index (κ1) is 23.7. The van der Waals surface area contributed by atoms with Gasteiger partial charge in [-0.15, -0.1) is 0 Å². The van der Waals surface area contributed by atoms with Crippen molar-refractivity contribution < 1.29 is 9.90 Å². The number of aryl methyl sites for hydroxylation is 3. The van der Waals surface area contributed by atoms with Crippen molar-refractivity contribution in [2.45, 2.75) is 106 Å². The third-order valence-electron chi connectivity index (χ3n) is 5.64. The predicted octanol–water partition coefficient (Wildman–Crippen LogP) is 7.28. The fourth-order valence-electron chi connectivity index (χ4n) is 3.79. The average molecular weight is 375 g/mol. The van der Waals surface area contributed by atoms with E-state index in [1.165, 1.54) is 42.4 Å². The molecule has 1 aromatic rings. The number of hydrogen-bond acceptors (Lipinski definition) is 1. The minimum absolute atomic E-state index is 0.425. The second-order valence-electron chi connectivity index (χ2n) is 10.2. The molecule has 1 N–H and O–H groups in total. The van der Waals surface area contributed by atoms with Crippen molar-refractivity contribution in [3.05, 3.63) is 34.4 Å². The number of carboxylic acid groups (broad SMARTS) is 1. The summed E-state index contributed by atoms with van der Waals surface area (Å²) in [7, 11) is 0. The van der Waals surface area contributed by atoms with Crippen LogP contribution in [0.15, 0.2) is 12.1 Å². The maximum atomic E-state index is 11.2. The molecule has 0 heterocycles. The van der Waals surface area contributed by atoms with Gasteiger partial charge in [-0.25, -0.2) is 0 Å². The Bertz CT molecular complexity index is 605. The number of hydrogen-bond donors (Lipinski definition) is 1. The van der Waals surface area contributed by atoms with Crippen LogP contribution in [0.1, 0.15) is 102 Å². The van der Waals surface area contributed by atoms with Crippen molar-refractivity contribution in [3.63, 3.8) is 0 Å². The van der Waals surface area contributed by atoms with E-state index in [-0.39, 0.29) is 0 Å². The largest absolute Gasteiger partial charge is 0.481 e. The summed E-state index contributed by atoms with van der Waals surface area (Å²) < 4.78 is 0. The lowest BCUT2D eigenvalue weighted by atomic mass is 9.86. The molecule has 0 spiro atoms. The molecule has 0 unspecified atom stereocenters. The van der Waals surface area contributed by atoms with Gasteiger partial charge in [0.2, 0.25) is 0 Å². The van der Waals surface area contributed by atoms with Gasteiger partial charge in [-0.3, -0.25) is 4.79 Å². The van der Waals surface area contributed by atoms with Crippen LogP contribution in [-0.4, -0.2) is 11.1 Å². The molecule has 154 valence electrons. The number of carboxylic acids is 1. The Morgan fingerprint density at radius 3 is 2.04 bits per heavy atom. The summed E-state index contributed by atoms with van der Waals surface area (Å²) >= 11 is 0. The van der Waals surface area contributed by atoms with Crippen LogP contribution < -0.4 is 0 Å². The van der Waals surface area contributed by atoms with Gasteiger partial charge in [-0.05, 0) is 88.3 Å². The van der Waals surface area contributed by atoms with Crippen LogP contribution in [0.25, 0.3) is 0 Å². The number of rotatable bonds is 11.